The molecular formula is C30H45F2N5O6. The third-order valence-electron chi connectivity index (χ3n) is 7.91. The van der Waals surface area contributed by atoms with Crippen LogP contribution < -0.4 is 15.8 Å². The number of likely N-dealkylation sites (N-methyl/N-ethyl adjacent to an activating group) is 1. The van der Waals surface area contributed by atoms with Crippen LogP contribution in [0.4, 0.5) is 13.6 Å². The normalized spacial score (nSPS) is 21.6. The zero-order valence-corrected chi connectivity index (χ0v) is 26.3. The van der Waals surface area contributed by atoms with E-state index in [2.05, 4.69) is 5.32 Å². The molecule has 4 amide bonds. The first-order valence-electron chi connectivity index (χ1n) is 14.5. The average molecular weight is 610 g/mol. The molecule has 1 aromatic carbocycles. The molecule has 5 atom stereocenters. The van der Waals surface area contributed by atoms with Gasteiger partial charge in [-0.2, -0.15) is 0 Å². The van der Waals surface area contributed by atoms with E-state index in [1.165, 1.54) is 18.0 Å². The van der Waals surface area contributed by atoms with Crippen LogP contribution >= 0.6 is 0 Å². The van der Waals surface area contributed by atoms with Gasteiger partial charge in [-0.3, -0.25) is 19.3 Å². The van der Waals surface area contributed by atoms with Crippen molar-refractivity contribution in [2.45, 2.75) is 84.7 Å². The number of likely N-dealkylation sites (tertiary alicyclic amines) is 2. The standard InChI is InChI=1S/C30H45F2N5O6/c1-17(35(8)28(41)43-30(5,6)7)26(39)34-25(29(2,3)4)27(40)36-12-11-22-24(36)18(15-37(22)23(38)14-33)16-42-19-9-10-20(31)21(32)13-19/h9-10,13,17-18,22,24-25H,11-12,14-16,33H2,1-8H3,(H,34,39). The first kappa shape index (κ1) is 34.0. The van der Waals surface area contributed by atoms with Crippen LogP contribution in [0.1, 0.15) is 54.9 Å². The number of benzene rings is 1. The predicted molar refractivity (Wildman–Crippen MR) is 155 cm³/mol. The lowest BCUT2D eigenvalue weighted by atomic mass is 9.85. The fraction of sp³-hybridized carbons (Fsp3) is 0.667. The van der Waals surface area contributed by atoms with E-state index in [1.54, 1.807) is 37.5 Å². The number of rotatable bonds is 8. The van der Waals surface area contributed by atoms with Crippen LogP contribution in [0.5, 0.6) is 5.75 Å². The van der Waals surface area contributed by atoms with E-state index < -0.39 is 52.8 Å². The number of ether oxygens (including phenoxy) is 2. The molecule has 3 rings (SSSR count). The summed E-state index contributed by atoms with van der Waals surface area (Å²) in [4.78, 5) is 57.3. The molecule has 13 heteroatoms. The summed E-state index contributed by atoms with van der Waals surface area (Å²) in [6.45, 7) is 12.6. The predicted octanol–water partition coefficient (Wildman–Crippen LogP) is 2.52. The molecule has 0 spiro atoms. The third kappa shape index (κ3) is 7.92. The summed E-state index contributed by atoms with van der Waals surface area (Å²) in [6, 6.07) is 0.578. The van der Waals surface area contributed by atoms with Crippen LogP contribution in [0.25, 0.3) is 0 Å². The highest BCUT2D eigenvalue weighted by Gasteiger charge is 2.53. The lowest BCUT2D eigenvalue weighted by molar-refractivity contribution is -0.142. The highest BCUT2D eigenvalue weighted by Crippen LogP contribution is 2.37. The first-order chi connectivity index (χ1) is 19.9. The van der Waals surface area contributed by atoms with Gasteiger partial charge in [0.25, 0.3) is 0 Å². The second kappa shape index (κ2) is 13.0. The number of hydrogen-bond acceptors (Lipinski definition) is 7. The van der Waals surface area contributed by atoms with Crippen LogP contribution in [0.3, 0.4) is 0 Å². The highest BCUT2D eigenvalue weighted by molar-refractivity contribution is 5.92. The zero-order valence-electron chi connectivity index (χ0n) is 26.3. The van der Waals surface area contributed by atoms with Crippen molar-refractivity contribution >= 4 is 23.8 Å². The smallest absolute Gasteiger partial charge is 0.410 e. The van der Waals surface area contributed by atoms with Gasteiger partial charge in [0.15, 0.2) is 11.6 Å². The first-order valence-corrected chi connectivity index (χ1v) is 14.5. The summed E-state index contributed by atoms with van der Waals surface area (Å²) in [5, 5.41) is 2.85. The van der Waals surface area contributed by atoms with Gasteiger partial charge in [0.05, 0.1) is 25.2 Å². The summed E-state index contributed by atoms with van der Waals surface area (Å²) in [5.41, 5.74) is 4.22. The van der Waals surface area contributed by atoms with E-state index in [9.17, 15) is 28.0 Å². The van der Waals surface area contributed by atoms with Gasteiger partial charge in [-0.1, -0.05) is 20.8 Å². The molecule has 5 unspecified atom stereocenters. The molecule has 0 aliphatic carbocycles. The Morgan fingerprint density at radius 1 is 1.09 bits per heavy atom. The van der Waals surface area contributed by atoms with Gasteiger partial charge in [0, 0.05) is 32.1 Å². The average Bonchev–Trinajstić information content (AvgIpc) is 3.50. The molecule has 43 heavy (non-hydrogen) atoms. The second-order valence-corrected chi connectivity index (χ2v) is 13.4. The third-order valence-corrected chi connectivity index (χ3v) is 7.91. The molecule has 0 aromatic heterocycles. The Balaban J connectivity index is 1.82. The Kier molecular flexibility index (Phi) is 10.3. The van der Waals surface area contributed by atoms with E-state index in [0.29, 0.717) is 13.0 Å². The van der Waals surface area contributed by atoms with Crippen LogP contribution in [0, 0.1) is 23.0 Å². The Hall–Kier alpha value is -3.48. The molecule has 3 N–H and O–H groups in total. The van der Waals surface area contributed by atoms with Gasteiger partial charge in [-0.05, 0) is 51.7 Å². The van der Waals surface area contributed by atoms with Gasteiger partial charge < -0.3 is 30.3 Å². The van der Waals surface area contributed by atoms with E-state index >= 15 is 0 Å². The maximum atomic E-state index is 14.2. The molecule has 2 heterocycles. The van der Waals surface area contributed by atoms with Gasteiger partial charge in [-0.25, -0.2) is 13.6 Å². The van der Waals surface area contributed by atoms with Gasteiger partial charge in [-0.15, -0.1) is 0 Å². The van der Waals surface area contributed by atoms with Gasteiger partial charge in [0.1, 0.15) is 23.4 Å². The van der Waals surface area contributed by atoms with E-state index in [0.717, 1.165) is 12.1 Å². The highest BCUT2D eigenvalue weighted by atomic mass is 19.2. The molecule has 2 saturated heterocycles. The Bertz CT molecular complexity index is 1220. The molecule has 1 aromatic rings. The minimum atomic E-state index is -1.05. The number of hydrogen-bond donors (Lipinski definition) is 2. The number of nitrogens with two attached hydrogens (primary N) is 1. The van der Waals surface area contributed by atoms with Crippen molar-refractivity contribution in [3.05, 3.63) is 29.8 Å². The lowest BCUT2D eigenvalue weighted by Crippen LogP contribution is -2.60. The summed E-state index contributed by atoms with van der Waals surface area (Å²) in [6.07, 6.45) is -0.164. The van der Waals surface area contributed by atoms with E-state index in [-0.39, 0.29) is 49.2 Å². The van der Waals surface area contributed by atoms with E-state index in [1.807, 2.05) is 20.8 Å². The summed E-state index contributed by atoms with van der Waals surface area (Å²) in [7, 11) is 1.45. The quantitative estimate of drug-likeness (QED) is 0.463. The van der Waals surface area contributed by atoms with Gasteiger partial charge in [0.2, 0.25) is 17.7 Å². The minimum Gasteiger partial charge on any atom is -0.493 e. The fourth-order valence-corrected chi connectivity index (χ4v) is 5.53. The second-order valence-electron chi connectivity index (χ2n) is 13.4. The fourth-order valence-electron chi connectivity index (χ4n) is 5.53. The van der Waals surface area contributed by atoms with Crippen molar-refractivity contribution < 1.29 is 37.4 Å². The molecule has 0 saturated carbocycles. The molecule has 2 aliphatic heterocycles. The molecule has 2 aliphatic rings. The van der Waals surface area contributed by atoms with E-state index in [4.69, 9.17) is 15.2 Å². The lowest BCUT2D eigenvalue weighted by Gasteiger charge is -2.38. The number of amides is 4. The SMILES string of the molecule is CC(C(=O)NC(C(=O)N1CCC2C1C(COc1ccc(F)c(F)c1)CN2C(=O)CN)C(C)(C)C)N(C)C(=O)OC(C)(C)C. The number of halogens is 2. The van der Waals surface area contributed by atoms with Crippen molar-refractivity contribution in [2.24, 2.45) is 17.1 Å². The zero-order chi connectivity index (χ0) is 32.4. The van der Waals surface area contributed by atoms with Crippen LogP contribution in [0.15, 0.2) is 18.2 Å². The molecule has 0 bridgehead atoms. The largest absolute Gasteiger partial charge is 0.493 e. The van der Waals surface area contributed by atoms with Gasteiger partial charge >= 0.3 is 6.09 Å². The van der Waals surface area contributed by atoms with Crippen molar-refractivity contribution in [2.75, 3.05) is 33.3 Å². The molecule has 11 nitrogen and oxygen atoms in total. The van der Waals surface area contributed by atoms with Crippen molar-refractivity contribution in [3.63, 3.8) is 0 Å². The number of fused-ring (bicyclic) bond motifs is 1. The maximum Gasteiger partial charge on any atom is 0.410 e. The monoisotopic (exact) mass is 609 g/mol. The van der Waals surface area contributed by atoms with Crippen LogP contribution in [-0.4, -0.2) is 102 Å². The number of nitrogens with one attached hydrogen (secondary N) is 1. The maximum absolute atomic E-state index is 14.2. The summed E-state index contributed by atoms with van der Waals surface area (Å²) < 4.78 is 38.4. The molecule has 2 fully saturated rings. The Morgan fingerprint density at radius 2 is 1.74 bits per heavy atom. The minimum absolute atomic E-state index is 0.0363. The molecule has 240 valence electrons. The number of nitrogens with zero attached hydrogens (tertiary/aromatic N) is 3. The summed E-state index contributed by atoms with van der Waals surface area (Å²) in [5.74, 6) is -3.40. The van der Waals surface area contributed by atoms with Crippen molar-refractivity contribution in [1.29, 1.82) is 0 Å². The van der Waals surface area contributed by atoms with Crippen LogP contribution in [-0.2, 0) is 19.1 Å². The number of carbonyl (C=O) groups excluding carboxylic acids is 4. The van der Waals surface area contributed by atoms with Crippen molar-refractivity contribution in [3.8, 4) is 5.75 Å². The summed E-state index contributed by atoms with van der Waals surface area (Å²) >= 11 is 0. The van der Waals surface area contributed by atoms with Crippen LogP contribution in [0.2, 0.25) is 0 Å². The molecule has 0 radical (unpaired) electrons. The topological polar surface area (TPSA) is 135 Å². The molecular weight excluding hydrogens is 564 g/mol. The Morgan fingerprint density at radius 3 is 2.30 bits per heavy atom. The van der Waals surface area contributed by atoms with Crippen molar-refractivity contribution in [1.82, 2.24) is 20.0 Å². The Labute approximate surface area is 252 Å². The number of carbonyl (C=O) groups is 4.